The van der Waals surface area contributed by atoms with E-state index < -0.39 is 21.5 Å². The van der Waals surface area contributed by atoms with Crippen molar-refractivity contribution in [1.82, 2.24) is 9.62 Å². The smallest absolute Gasteiger partial charge is 0.305 e. The van der Waals surface area contributed by atoms with Crippen molar-refractivity contribution in [3.05, 3.63) is 29.8 Å². The largest absolute Gasteiger partial charge is 0.481 e. The Bertz CT molecular complexity index is 815. The second kappa shape index (κ2) is 7.59. The van der Waals surface area contributed by atoms with Crippen LogP contribution in [0.1, 0.15) is 55.8 Å². The zero-order valence-corrected chi connectivity index (χ0v) is 16.3. The molecule has 0 bridgehead atoms. The van der Waals surface area contributed by atoms with Crippen LogP contribution in [0.15, 0.2) is 29.2 Å². The average Bonchev–Trinajstić information content (AvgIpc) is 2.59. The van der Waals surface area contributed by atoms with Gasteiger partial charge in [-0.15, -0.1) is 0 Å². The molecule has 0 radical (unpaired) electrons. The Morgan fingerprint density at radius 1 is 1.22 bits per heavy atom. The van der Waals surface area contributed by atoms with Gasteiger partial charge in [0.2, 0.25) is 10.0 Å². The highest BCUT2D eigenvalue weighted by molar-refractivity contribution is 7.89. The number of aliphatic carboxylic acids is 1. The number of carboxylic acids is 1. The highest BCUT2D eigenvalue weighted by Crippen LogP contribution is 2.35. The second-order valence-electron chi connectivity index (χ2n) is 7.79. The highest BCUT2D eigenvalue weighted by atomic mass is 32.2. The number of sulfonamides is 1. The Balaban J connectivity index is 1.71. The third-order valence-electron chi connectivity index (χ3n) is 5.55. The molecule has 1 aromatic rings. The van der Waals surface area contributed by atoms with Gasteiger partial charge in [0.15, 0.2) is 0 Å². The van der Waals surface area contributed by atoms with Gasteiger partial charge in [-0.2, -0.15) is 4.31 Å². The first kappa shape index (κ1) is 19.8. The topological polar surface area (TPSA) is 104 Å². The van der Waals surface area contributed by atoms with Gasteiger partial charge in [-0.3, -0.25) is 9.59 Å². The van der Waals surface area contributed by atoms with E-state index in [0.29, 0.717) is 37.4 Å². The van der Waals surface area contributed by atoms with Crippen LogP contribution in [-0.4, -0.2) is 48.3 Å². The van der Waals surface area contributed by atoms with Crippen LogP contribution in [0.5, 0.6) is 0 Å². The van der Waals surface area contributed by atoms with Crippen LogP contribution >= 0.6 is 0 Å². The van der Waals surface area contributed by atoms with E-state index in [0.717, 1.165) is 19.3 Å². The first-order valence-electron chi connectivity index (χ1n) is 9.36. The minimum absolute atomic E-state index is 0.0989. The lowest BCUT2D eigenvalue weighted by Gasteiger charge is -2.41. The van der Waals surface area contributed by atoms with Crippen molar-refractivity contribution < 1.29 is 23.1 Å². The predicted molar refractivity (Wildman–Crippen MR) is 99.9 cm³/mol. The number of nitrogens with one attached hydrogen (secondary N) is 1. The molecule has 1 unspecified atom stereocenters. The molecule has 8 heteroatoms. The number of benzene rings is 1. The van der Waals surface area contributed by atoms with Crippen molar-refractivity contribution in [2.24, 2.45) is 5.92 Å². The maximum atomic E-state index is 12.8. The lowest BCUT2D eigenvalue weighted by Crippen LogP contribution is -2.54. The Morgan fingerprint density at radius 3 is 2.41 bits per heavy atom. The summed E-state index contributed by atoms with van der Waals surface area (Å²) in [5, 5.41) is 11.9. The number of rotatable bonds is 6. The van der Waals surface area contributed by atoms with E-state index in [1.165, 1.54) is 28.6 Å². The number of piperidine rings is 1. The summed E-state index contributed by atoms with van der Waals surface area (Å²) in [6, 6.07) is 5.88. The van der Waals surface area contributed by atoms with Gasteiger partial charge in [-0.05, 0) is 62.3 Å². The Labute approximate surface area is 159 Å². The molecule has 2 N–H and O–H groups in total. The fraction of sp³-hybridized carbons (Fsp3) is 0.579. The Hall–Kier alpha value is -1.93. The van der Waals surface area contributed by atoms with Gasteiger partial charge in [-0.1, -0.05) is 6.92 Å². The van der Waals surface area contributed by atoms with Crippen LogP contribution in [0.2, 0.25) is 0 Å². The first-order valence-corrected chi connectivity index (χ1v) is 10.8. The van der Waals surface area contributed by atoms with E-state index in [-0.39, 0.29) is 17.2 Å². The van der Waals surface area contributed by atoms with Crippen LogP contribution in [0.3, 0.4) is 0 Å². The van der Waals surface area contributed by atoms with Gasteiger partial charge < -0.3 is 10.4 Å². The van der Waals surface area contributed by atoms with Crippen LogP contribution in [0, 0.1) is 5.92 Å². The molecule has 3 rings (SSSR count). The summed E-state index contributed by atoms with van der Waals surface area (Å²) in [5.41, 5.74) is -0.352. The lowest BCUT2D eigenvalue weighted by atomic mass is 9.74. The second-order valence-corrected chi connectivity index (χ2v) is 9.73. The fourth-order valence-electron chi connectivity index (χ4n) is 3.84. The van der Waals surface area contributed by atoms with Crippen molar-refractivity contribution in [3.8, 4) is 0 Å². The summed E-state index contributed by atoms with van der Waals surface area (Å²) < 4.78 is 27.1. The molecule has 1 aromatic carbocycles. The third-order valence-corrected chi connectivity index (χ3v) is 7.43. The van der Waals surface area contributed by atoms with Gasteiger partial charge >= 0.3 is 5.97 Å². The van der Waals surface area contributed by atoms with Crippen LogP contribution in [0.4, 0.5) is 0 Å². The molecule has 1 atom stereocenters. The summed E-state index contributed by atoms with van der Waals surface area (Å²) >= 11 is 0. The summed E-state index contributed by atoms with van der Waals surface area (Å²) in [6.45, 7) is 3.08. The third kappa shape index (κ3) is 4.32. The number of hydrogen-bond acceptors (Lipinski definition) is 4. The van der Waals surface area contributed by atoms with E-state index in [2.05, 4.69) is 5.32 Å². The summed E-state index contributed by atoms with van der Waals surface area (Å²) in [6.07, 6.45) is 3.96. The lowest BCUT2D eigenvalue weighted by molar-refractivity contribution is -0.139. The van der Waals surface area contributed by atoms with Crippen LogP contribution in [0.25, 0.3) is 0 Å². The van der Waals surface area contributed by atoms with E-state index >= 15 is 0 Å². The van der Waals surface area contributed by atoms with E-state index in [4.69, 9.17) is 5.11 Å². The molecule has 7 nitrogen and oxygen atoms in total. The maximum Gasteiger partial charge on any atom is 0.305 e. The van der Waals surface area contributed by atoms with Gasteiger partial charge in [0.1, 0.15) is 0 Å². The highest BCUT2D eigenvalue weighted by Gasteiger charge is 2.40. The molecule has 2 aliphatic rings. The van der Waals surface area contributed by atoms with Gasteiger partial charge in [-0.25, -0.2) is 8.42 Å². The molecule has 1 heterocycles. The normalized spacial score (nSPS) is 22.6. The summed E-state index contributed by atoms with van der Waals surface area (Å²) in [7, 11) is -3.56. The zero-order chi connectivity index (χ0) is 19.7. The van der Waals surface area contributed by atoms with E-state index in [1.54, 1.807) is 0 Å². The zero-order valence-electron chi connectivity index (χ0n) is 15.5. The molecule has 1 aliphatic heterocycles. The predicted octanol–water partition coefficient (Wildman–Crippen LogP) is 2.23. The van der Waals surface area contributed by atoms with Gasteiger partial charge in [0, 0.05) is 18.7 Å². The number of nitrogens with zero attached hydrogens (tertiary/aromatic N) is 1. The van der Waals surface area contributed by atoms with Crippen LogP contribution < -0.4 is 5.32 Å². The van der Waals surface area contributed by atoms with Crippen molar-refractivity contribution in [2.75, 3.05) is 13.1 Å². The maximum absolute atomic E-state index is 12.8. The number of carbonyl (C=O) groups excluding carboxylic acids is 1. The molecular formula is C19H26N2O5S. The molecule has 1 saturated heterocycles. The van der Waals surface area contributed by atoms with Crippen molar-refractivity contribution in [2.45, 2.75) is 55.9 Å². The molecule has 2 fully saturated rings. The number of carbonyl (C=O) groups is 2. The van der Waals surface area contributed by atoms with Crippen LogP contribution in [-0.2, 0) is 14.8 Å². The molecule has 148 valence electrons. The van der Waals surface area contributed by atoms with Gasteiger partial charge in [0.25, 0.3) is 5.91 Å². The molecule has 0 aromatic heterocycles. The van der Waals surface area contributed by atoms with Crippen molar-refractivity contribution in [3.63, 3.8) is 0 Å². The molecular weight excluding hydrogens is 368 g/mol. The average molecular weight is 394 g/mol. The molecule has 0 spiro atoms. The monoisotopic (exact) mass is 394 g/mol. The first-order chi connectivity index (χ1) is 12.7. The quantitative estimate of drug-likeness (QED) is 0.770. The Kier molecular flexibility index (Phi) is 5.58. The fourth-order valence-corrected chi connectivity index (χ4v) is 5.44. The van der Waals surface area contributed by atoms with Gasteiger partial charge in [0.05, 0.1) is 16.9 Å². The number of carboxylic acid groups (broad SMARTS) is 1. The minimum Gasteiger partial charge on any atom is -0.481 e. The standard InChI is InChI=1S/C19H26N2O5S/c1-14-4-2-11-21(13-14)27(25,26)16-7-5-15(6-8-16)18(24)20-19(9-3-10-19)12-17(22)23/h5-8,14H,2-4,9-13H2,1H3,(H,20,24)(H,22,23). The summed E-state index contributed by atoms with van der Waals surface area (Å²) in [4.78, 5) is 23.7. The van der Waals surface area contributed by atoms with E-state index in [1.807, 2.05) is 6.92 Å². The molecule has 1 amide bonds. The Morgan fingerprint density at radius 2 is 1.89 bits per heavy atom. The molecule has 27 heavy (non-hydrogen) atoms. The van der Waals surface area contributed by atoms with Crippen molar-refractivity contribution >= 4 is 21.9 Å². The minimum atomic E-state index is -3.56. The number of hydrogen-bond donors (Lipinski definition) is 2. The van der Waals surface area contributed by atoms with E-state index in [9.17, 15) is 18.0 Å². The molecule has 1 aliphatic carbocycles. The van der Waals surface area contributed by atoms with Crippen molar-refractivity contribution in [1.29, 1.82) is 0 Å². The number of amides is 1. The summed E-state index contributed by atoms with van der Waals surface area (Å²) in [5.74, 6) is -0.967. The molecule has 1 saturated carbocycles. The SMILES string of the molecule is CC1CCCN(S(=O)(=O)c2ccc(C(=O)NC3(CC(=O)O)CCC3)cc2)C1.